The SMILES string of the molecule is CCN(C=O)/C(CO)=N\N(C)c1ccc2c(c1)C(C(C)C(F)(F)F)CN(c1ccccc1F)C2=O. The highest BCUT2D eigenvalue weighted by Gasteiger charge is 2.46. The molecule has 0 aliphatic carbocycles. The number of halogens is 4. The fraction of sp³-hybridized carbons (Fsp3) is 0.375. The number of aliphatic hydroxyl groups is 1. The Hall–Kier alpha value is -3.47. The molecule has 2 aromatic carbocycles. The molecule has 1 heterocycles. The second kappa shape index (κ2) is 10.4. The number of amides is 2. The van der Waals surface area contributed by atoms with E-state index in [0.717, 1.165) is 17.9 Å². The molecule has 0 spiro atoms. The normalized spacial score (nSPS) is 17.1. The third kappa shape index (κ3) is 5.29. The van der Waals surface area contributed by atoms with Crippen LogP contribution >= 0.6 is 0 Å². The maximum atomic E-state index is 14.4. The second-order valence-corrected chi connectivity index (χ2v) is 8.16. The van der Waals surface area contributed by atoms with Crippen molar-refractivity contribution in [2.45, 2.75) is 25.9 Å². The summed E-state index contributed by atoms with van der Waals surface area (Å²) in [7, 11) is 1.51. The Morgan fingerprint density at radius 2 is 1.97 bits per heavy atom. The summed E-state index contributed by atoms with van der Waals surface area (Å²) in [6.45, 7) is 2.08. The molecule has 0 fully saturated rings. The topological polar surface area (TPSA) is 76.5 Å². The molecule has 0 saturated carbocycles. The van der Waals surface area contributed by atoms with Gasteiger partial charge in [0.25, 0.3) is 5.91 Å². The average Bonchev–Trinajstić information content (AvgIpc) is 2.83. The van der Waals surface area contributed by atoms with E-state index in [9.17, 15) is 32.3 Å². The largest absolute Gasteiger partial charge is 0.392 e. The summed E-state index contributed by atoms with van der Waals surface area (Å²) in [5.41, 5.74) is 0.463. The number of fused-ring (bicyclic) bond motifs is 1. The molecule has 0 aromatic heterocycles. The van der Waals surface area contributed by atoms with E-state index in [1.807, 2.05) is 0 Å². The molecule has 0 radical (unpaired) electrons. The van der Waals surface area contributed by atoms with Crippen LogP contribution in [-0.2, 0) is 4.79 Å². The van der Waals surface area contributed by atoms with Gasteiger partial charge in [-0.1, -0.05) is 19.1 Å². The first kappa shape index (κ1) is 26.1. The molecular weight excluding hydrogens is 468 g/mol. The van der Waals surface area contributed by atoms with Gasteiger partial charge in [0, 0.05) is 31.6 Å². The number of carbonyl (C=O) groups excluding carboxylic acids is 2. The molecule has 3 rings (SSSR count). The van der Waals surface area contributed by atoms with E-state index in [1.54, 1.807) is 6.92 Å². The van der Waals surface area contributed by atoms with Crippen molar-refractivity contribution >= 4 is 29.5 Å². The van der Waals surface area contributed by atoms with Crippen molar-refractivity contribution < 1.29 is 32.3 Å². The fourth-order valence-corrected chi connectivity index (χ4v) is 4.04. The quantitative estimate of drug-likeness (QED) is 0.208. The van der Waals surface area contributed by atoms with Gasteiger partial charge in [0.05, 0.1) is 17.3 Å². The van der Waals surface area contributed by atoms with Crippen LogP contribution < -0.4 is 9.91 Å². The maximum absolute atomic E-state index is 14.4. The fourth-order valence-electron chi connectivity index (χ4n) is 4.04. The zero-order valence-corrected chi connectivity index (χ0v) is 19.5. The second-order valence-electron chi connectivity index (χ2n) is 8.16. The van der Waals surface area contributed by atoms with Crippen LogP contribution in [0, 0.1) is 11.7 Å². The summed E-state index contributed by atoms with van der Waals surface area (Å²) in [6.07, 6.45) is -4.05. The Labute approximate surface area is 200 Å². The third-order valence-electron chi connectivity index (χ3n) is 6.13. The molecule has 2 atom stereocenters. The van der Waals surface area contributed by atoms with Gasteiger partial charge in [0.2, 0.25) is 6.41 Å². The number of alkyl halides is 3. The number of likely N-dealkylation sites (N-methyl/N-ethyl adjacent to an activating group) is 1. The molecule has 0 bridgehead atoms. The van der Waals surface area contributed by atoms with Gasteiger partial charge in [0.1, 0.15) is 12.4 Å². The number of rotatable bonds is 7. The average molecular weight is 494 g/mol. The summed E-state index contributed by atoms with van der Waals surface area (Å²) in [4.78, 5) is 26.6. The Morgan fingerprint density at radius 3 is 2.54 bits per heavy atom. The van der Waals surface area contributed by atoms with E-state index in [1.165, 1.54) is 53.4 Å². The van der Waals surface area contributed by atoms with Gasteiger partial charge in [-0.15, -0.1) is 0 Å². The lowest BCUT2D eigenvalue weighted by atomic mass is 9.80. The van der Waals surface area contributed by atoms with Crippen LogP contribution in [0.15, 0.2) is 47.6 Å². The van der Waals surface area contributed by atoms with Crippen molar-refractivity contribution in [3.8, 4) is 0 Å². The van der Waals surface area contributed by atoms with Crippen molar-refractivity contribution in [2.24, 2.45) is 11.0 Å². The summed E-state index contributed by atoms with van der Waals surface area (Å²) in [5.74, 6) is -4.27. The van der Waals surface area contributed by atoms with Crippen molar-refractivity contribution in [1.82, 2.24) is 4.90 Å². The van der Waals surface area contributed by atoms with Gasteiger partial charge in [-0.2, -0.15) is 18.3 Å². The van der Waals surface area contributed by atoms with E-state index in [4.69, 9.17) is 0 Å². The lowest BCUT2D eigenvalue weighted by molar-refractivity contribution is -0.175. The molecule has 2 unspecified atom stereocenters. The van der Waals surface area contributed by atoms with E-state index in [-0.39, 0.29) is 35.7 Å². The smallest absolute Gasteiger partial charge is 0.388 e. The van der Waals surface area contributed by atoms with Gasteiger partial charge in [-0.3, -0.25) is 19.5 Å². The number of carbonyl (C=O) groups is 2. The van der Waals surface area contributed by atoms with Gasteiger partial charge < -0.3 is 10.0 Å². The number of benzene rings is 2. The van der Waals surface area contributed by atoms with E-state index in [0.29, 0.717) is 12.1 Å². The van der Waals surface area contributed by atoms with Gasteiger partial charge in [-0.25, -0.2) is 4.39 Å². The summed E-state index contributed by atoms with van der Waals surface area (Å²) < 4.78 is 55.9. The third-order valence-corrected chi connectivity index (χ3v) is 6.13. The number of nitrogens with zero attached hydrogens (tertiary/aromatic N) is 4. The predicted molar refractivity (Wildman–Crippen MR) is 124 cm³/mol. The van der Waals surface area contributed by atoms with Crippen LogP contribution in [0.25, 0.3) is 0 Å². The van der Waals surface area contributed by atoms with Crippen molar-refractivity contribution in [1.29, 1.82) is 0 Å². The van der Waals surface area contributed by atoms with Crippen LogP contribution in [0.2, 0.25) is 0 Å². The minimum absolute atomic E-state index is 0.0344. The van der Waals surface area contributed by atoms with Crippen LogP contribution in [0.4, 0.5) is 28.9 Å². The number of aliphatic hydroxyl groups excluding tert-OH is 1. The predicted octanol–water partition coefficient (Wildman–Crippen LogP) is 3.99. The van der Waals surface area contributed by atoms with Crippen LogP contribution in [0.3, 0.4) is 0 Å². The zero-order valence-electron chi connectivity index (χ0n) is 19.5. The van der Waals surface area contributed by atoms with Crippen molar-refractivity contribution in [3.05, 3.63) is 59.4 Å². The van der Waals surface area contributed by atoms with Crippen LogP contribution in [0.5, 0.6) is 0 Å². The Kier molecular flexibility index (Phi) is 7.79. The number of para-hydroxylation sites is 1. The first-order valence-corrected chi connectivity index (χ1v) is 10.9. The van der Waals surface area contributed by atoms with E-state index in [2.05, 4.69) is 5.10 Å². The minimum Gasteiger partial charge on any atom is -0.388 e. The lowest BCUT2D eigenvalue weighted by Gasteiger charge is -2.38. The molecule has 2 amide bonds. The highest BCUT2D eigenvalue weighted by Crippen LogP contribution is 2.43. The van der Waals surface area contributed by atoms with Crippen molar-refractivity contribution in [2.75, 3.05) is 36.7 Å². The van der Waals surface area contributed by atoms with Crippen LogP contribution in [-0.4, -0.2) is 61.1 Å². The van der Waals surface area contributed by atoms with Gasteiger partial charge in [-0.05, 0) is 42.8 Å². The van der Waals surface area contributed by atoms with E-state index < -0.39 is 36.3 Å². The highest BCUT2D eigenvalue weighted by molar-refractivity contribution is 6.09. The number of anilines is 2. The Balaban J connectivity index is 2.09. The maximum Gasteiger partial charge on any atom is 0.392 e. The van der Waals surface area contributed by atoms with E-state index >= 15 is 0 Å². The van der Waals surface area contributed by atoms with Gasteiger partial charge in [0.15, 0.2) is 5.84 Å². The molecule has 1 aliphatic heterocycles. The van der Waals surface area contributed by atoms with Crippen molar-refractivity contribution in [3.63, 3.8) is 0 Å². The molecule has 1 N–H and O–H groups in total. The number of hydrogen-bond donors (Lipinski definition) is 1. The molecule has 1 aliphatic rings. The monoisotopic (exact) mass is 494 g/mol. The summed E-state index contributed by atoms with van der Waals surface area (Å²) >= 11 is 0. The molecule has 35 heavy (non-hydrogen) atoms. The first-order chi connectivity index (χ1) is 16.5. The molecule has 2 aromatic rings. The highest BCUT2D eigenvalue weighted by atomic mass is 19.4. The molecule has 188 valence electrons. The standard InChI is InChI=1S/C24H26F4N4O3/c1-4-31(14-34)22(13-33)29-30(3)16-9-10-17-18(11-16)19(15(2)24(26,27)28)12-32(23(17)35)21-8-6-5-7-20(21)25/h5-11,14-15,19,33H,4,12-13H2,1-3H3/b29-22-. The molecule has 11 heteroatoms. The molecule has 7 nitrogen and oxygen atoms in total. The first-order valence-electron chi connectivity index (χ1n) is 10.9. The summed E-state index contributed by atoms with van der Waals surface area (Å²) in [6, 6.07) is 9.77. The van der Waals surface area contributed by atoms with Crippen LogP contribution in [0.1, 0.15) is 35.7 Å². The Morgan fingerprint density at radius 1 is 1.29 bits per heavy atom. The lowest BCUT2D eigenvalue weighted by Crippen LogP contribution is -2.44. The molecular formula is C24H26F4N4O3. The number of hydrogen-bond acceptors (Lipinski definition) is 5. The van der Waals surface area contributed by atoms with Gasteiger partial charge >= 0.3 is 6.18 Å². The number of amidine groups is 1. The minimum atomic E-state index is -4.56. The zero-order chi connectivity index (χ0) is 25.9. The summed E-state index contributed by atoms with van der Waals surface area (Å²) in [5, 5.41) is 15.1. The number of hydrazone groups is 1. The molecule has 0 saturated heterocycles. The Bertz CT molecular complexity index is 1120.